The quantitative estimate of drug-likeness (QED) is 0.227. The SMILES string of the molecule is CC1(C)c2ccccc2-c2cc3c(cc21)Oc1c(cccc1-c1nc(-c2ccccc2)nc(-c2ccccn2)n1)O3. The Labute approximate surface area is 237 Å². The van der Waals surface area contributed by atoms with Gasteiger partial charge in [-0.25, -0.2) is 15.0 Å². The molecule has 6 aromatic rings. The van der Waals surface area contributed by atoms with Crippen molar-refractivity contribution in [2.45, 2.75) is 19.3 Å². The first-order valence-corrected chi connectivity index (χ1v) is 13.6. The third kappa shape index (κ3) is 3.72. The summed E-state index contributed by atoms with van der Waals surface area (Å²) in [7, 11) is 0. The molecule has 0 N–H and O–H groups in total. The predicted octanol–water partition coefficient (Wildman–Crippen LogP) is 8.47. The number of hydrogen-bond acceptors (Lipinski definition) is 6. The van der Waals surface area contributed by atoms with Crippen LogP contribution in [0, 0.1) is 0 Å². The maximum absolute atomic E-state index is 6.63. The molecule has 0 amide bonds. The molecule has 0 atom stereocenters. The zero-order chi connectivity index (χ0) is 27.6. The molecule has 2 aliphatic rings. The van der Waals surface area contributed by atoms with Crippen LogP contribution >= 0.6 is 0 Å². The zero-order valence-electron chi connectivity index (χ0n) is 22.5. The molecule has 0 spiro atoms. The average Bonchev–Trinajstić information content (AvgIpc) is 3.25. The van der Waals surface area contributed by atoms with E-state index >= 15 is 0 Å². The molecule has 6 heteroatoms. The molecule has 0 saturated carbocycles. The highest BCUT2D eigenvalue weighted by Gasteiger charge is 2.37. The molecule has 1 aliphatic carbocycles. The maximum atomic E-state index is 6.63. The molecule has 0 saturated heterocycles. The zero-order valence-corrected chi connectivity index (χ0v) is 22.5. The van der Waals surface area contributed by atoms with Gasteiger partial charge in [-0.3, -0.25) is 4.98 Å². The Morgan fingerprint density at radius 2 is 1.27 bits per heavy atom. The van der Waals surface area contributed by atoms with Gasteiger partial charge in [-0.05, 0) is 58.7 Å². The summed E-state index contributed by atoms with van der Waals surface area (Å²) < 4.78 is 13.1. The fourth-order valence-electron chi connectivity index (χ4n) is 5.80. The van der Waals surface area contributed by atoms with Crippen LogP contribution in [0.25, 0.3) is 45.4 Å². The highest BCUT2D eigenvalue weighted by molar-refractivity contribution is 5.84. The highest BCUT2D eigenvalue weighted by atomic mass is 16.6. The molecule has 8 rings (SSSR count). The molecule has 41 heavy (non-hydrogen) atoms. The van der Waals surface area contributed by atoms with E-state index in [1.54, 1.807) is 6.20 Å². The number of fused-ring (bicyclic) bond motifs is 5. The van der Waals surface area contributed by atoms with Crippen molar-refractivity contribution in [1.82, 2.24) is 19.9 Å². The number of benzene rings is 4. The number of rotatable bonds is 3. The first-order chi connectivity index (χ1) is 20.1. The molecule has 6 nitrogen and oxygen atoms in total. The fourth-order valence-corrected chi connectivity index (χ4v) is 5.80. The molecule has 1 aliphatic heterocycles. The number of pyridine rings is 1. The van der Waals surface area contributed by atoms with Crippen molar-refractivity contribution in [3.05, 3.63) is 120 Å². The van der Waals surface area contributed by atoms with Crippen LogP contribution in [0.15, 0.2) is 109 Å². The van der Waals surface area contributed by atoms with Crippen molar-refractivity contribution < 1.29 is 9.47 Å². The Bertz CT molecular complexity index is 1910. The number of nitrogens with zero attached hydrogens (tertiary/aromatic N) is 4. The molecular weight excluding hydrogens is 508 g/mol. The normalized spacial score (nSPS) is 13.7. The second kappa shape index (κ2) is 8.83. The topological polar surface area (TPSA) is 70.0 Å². The summed E-state index contributed by atoms with van der Waals surface area (Å²) in [6, 6.07) is 34.1. The second-order valence-corrected chi connectivity index (χ2v) is 10.7. The molecule has 0 unspecified atom stereocenters. The Morgan fingerprint density at radius 3 is 2.12 bits per heavy atom. The minimum absolute atomic E-state index is 0.152. The van der Waals surface area contributed by atoms with Gasteiger partial charge in [-0.15, -0.1) is 0 Å². The number of para-hydroxylation sites is 1. The maximum Gasteiger partial charge on any atom is 0.182 e. The fraction of sp³-hybridized carbons (Fsp3) is 0.0857. The van der Waals surface area contributed by atoms with Crippen LogP contribution in [-0.4, -0.2) is 19.9 Å². The lowest BCUT2D eigenvalue weighted by molar-refractivity contribution is 0.360. The summed E-state index contributed by atoms with van der Waals surface area (Å²) in [6.45, 7) is 4.50. The third-order valence-electron chi connectivity index (χ3n) is 7.86. The van der Waals surface area contributed by atoms with Gasteiger partial charge >= 0.3 is 0 Å². The lowest BCUT2D eigenvalue weighted by Gasteiger charge is -2.26. The van der Waals surface area contributed by atoms with Crippen molar-refractivity contribution >= 4 is 0 Å². The largest absolute Gasteiger partial charge is 0.449 e. The lowest BCUT2D eigenvalue weighted by Crippen LogP contribution is -2.15. The van der Waals surface area contributed by atoms with Crippen LogP contribution in [0.1, 0.15) is 25.0 Å². The van der Waals surface area contributed by atoms with Crippen molar-refractivity contribution in [3.8, 4) is 68.4 Å². The standard InChI is InChI=1S/C35H24N4O2/c1-35(2)25-15-7-6-13-22(25)24-19-29-30(20-26(24)35)41-31-23(14-10-17-28(31)40-29)33-37-32(21-11-4-3-5-12-21)38-34(39-33)27-16-8-9-18-36-27/h3-20H,1-2H3. The summed E-state index contributed by atoms with van der Waals surface area (Å²) in [5.74, 6) is 4.08. The molecule has 2 aromatic heterocycles. The highest BCUT2D eigenvalue weighted by Crippen LogP contribution is 2.56. The van der Waals surface area contributed by atoms with E-state index in [2.05, 4.69) is 55.2 Å². The van der Waals surface area contributed by atoms with Gasteiger partial charge in [0, 0.05) is 17.2 Å². The van der Waals surface area contributed by atoms with E-state index < -0.39 is 0 Å². The van der Waals surface area contributed by atoms with E-state index in [-0.39, 0.29) is 5.41 Å². The van der Waals surface area contributed by atoms with Crippen LogP contribution < -0.4 is 9.47 Å². The van der Waals surface area contributed by atoms with E-state index in [4.69, 9.17) is 24.4 Å². The average molecular weight is 533 g/mol. The Kier molecular flexibility index (Phi) is 5.06. The van der Waals surface area contributed by atoms with Gasteiger partial charge in [0.25, 0.3) is 0 Å². The van der Waals surface area contributed by atoms with Gasteiger partial charge in [0.2, 0.25) is 0 Å². The van der Waals surface area contributed by atoms with E-state index in [1.165, 1.54) is 22.3 Å². The van der Waals surface area contributed by atoms with Crippen molar-refractivity contribution in [2.24, 2.45) is 0 Å². The van der Waals surface area contributed by atoms with Crippen molar-refractivity contribution in [1.29, 1.82) is 0 Å². The third-order valence-corrected chi connectivity index (χ3v) is 7.86. The molecule has 4 aromatic carbocycles. The van der Waals surface area contributed by atoms with E-state index in [0.717, 1.165) is 5.56 Å². The van der Waals surface area contributed by atoms with Crippen LogP contribution in [0.3, 0.4) is 0 Å². The van der Waals surface area contributed by atoms with E-state index in [1.807, 2.05) is 66.7 Å². The molecule has 0 radical (unpaired) electrons. The van der Waals surface area contributed by atoms with Crippen LogP contribution in [0.5, 0.6) is 23.0 Å². The Balaban J connectivity index is 1.27. The van der Waals surface area contributed by atoms with Gasteiger partial charge in [-0.2, -0.15) is 0 Å². The minimum atomic E-state index is -0.152. The molecular formula is C35H24N4O2. The number of aromatic nitrogens is 4. The van der Waals surface area contributed by atoms with Gasteiger partial charge in [0.15, 0.2) is 40.5 Å². The van der Waals surface area contributed by atoms with Gasteiger partial charge in [0.05, 0.1) is 5.56 Å². The summed E-state index contributed by atoms with van der Waals surface area (Å²) >= 11 is 0. The summed E-state index contributed by atoms with van der Waals surface area (Å²) in [4.78, 5) is 19.0. The monoisotopic (exact) mass is 532 g/mol. The number of hydrogen-bond donors (Lipinski definition) is 0. The summed E-state index contributed by atoms with van der Waals surface area (Å²) in [5.41, 5.74) is 7.04. The lowest BCUT2D eigenvalue weighted by atomic mass is 9.82. The first-order valence-electron chi connectivity index (χ1n) is 13.6. The van der Waals surface area contributed by atoms with Crippen molar-refractivity contribution in [3.63, 3.8) is 0 Å². The Hall–Kier alpha value is -5.36. The van der Waals surface area contributed by atoms with Crippen LogP contribution in [0.2, 0.25) is 0 Å². The van der Waals surface area contributed by atoms with Gasteiger partial charge in [-0.1, -0.05) is 80.6 Å². The summed E-state index contributed by atoms with van der Waals surface area (Å²) in [6.07, 6.45) is 1.73. The molecule has 3 heterocycles. The van der Waals surface area contributed by atoms with Gasteiger partial charge in [0.1, 0.15) is 5.69 Å². The van der Waals surface area contributed by atoms with Crippen LogP contribution in [-0.2, 0) is 5.41 Å². The van der Waals surface area contributed by atoms with Gasteiger partial charge < -0.3 is 9.47 Å². The minimum Gasteiger partial charge on any atom is -0.449 e. The smallest absolute Gasteiger partial charge is 0.182 e. The first kappa shape index (κ1) is 23.5. The molecule has 0 bridgehead atoms. The number of ether oxygens (including phenoxy) is 2. The van der Waals surface area contributed by atoms with E-state index in [9.17, 15) is 0 Å². The summed E-state index contributed by atoms with van der Waals surface area (Å²) in [5, 5.41) is 0. The van der Waals surface area contributed by atoms with Crippen molar-refractivity contribution in [2.75, 3.05) is 0 Å². The second-order valence-electron chi connectivity index (χ2n) is 10.7. The van der Waals surface area contributed by atoms with E-state index in [0.29, 0.717) is 51.7 Å². The predicted molar refractivity (Wildman–Crippen MR) is 158 cm³/mol. The Morgan fingerprint density at radius 1 is 0.537 bits per heavy atom. The molecule has 196 valence electrons. The van der Waals surface area contributed by atoms with Crippen LogP contribution in [0.4, 0.5) is 0 Å². The molecule has 0 fully saturated rings.